The molecule has 0 radical (unpaired) electrons. The van der Waals surface area contributed by atoms with Crippen molar-refractivity contribution in [2.75, 3.05) is 0 Å². The summed E-state index contributed by atoms with van der Waals surface area (Å²) in [5, 5.41) is 0. The Morgan fingerprint density at radius 1 is 1.22 bits per heavy atom. The van der Waals surface area contributed by atoms with Crippen LogP contribution in [0.5, 0.6) is 0 Å². The maximum Gasteiger partial charge on any atom is 0.159 e. The van der Waals surface area contributed by atoms with Crippen LogP contribution in [0.25, 0.3) is 0 Å². The minimum Gasteiger partial charge on any atom is -0.295 e. The summed E-state index contributed by atoms with van der Waals surface area (Å²) in [4.78, 5) is 10.6. The van der Waals surface area contributed by atoms with Gasteiger partial charge in [-0.1, -0.05) is 30.3 Å². The highest BCUT2D eigenvalue weighted by molar-refractivity contribution is 5.93. The minimum atomic E-state index is 0.121. The van der Waals surface area contributed by atoms with Gasteiger partial charge in [0, 0.05) is 5.56 Å². The topological polar surface area (TPSA) is 17.1 Å². The first-order chi connectivity index (χ1) is 4.30. The maximum atomic E-state index is 10.6. The fraction of sp³-hybridized carbons (Fsp3) is 0.125. The van der Waals surface area contributed by atoms with Crippen LogP contribution in [0.1, 0.15) is 17.3 Å². The van der Waals surface area contributed by atoms with Crippen molar-refractivity contribution in [2.45, 2.75) is 6.92 Å². The van der Waals surface area contributed by atoms with Gasteiger partial charge in [-0.3, -0.25) is 4.79 Å². The molecule has 0 amide bonds. The van der Waals surface area contributed by atoms with Crippen molar-refractivity contribution in [3.8, 4) is 0 Å². The summed E-state index contributed by atoms with van der Waals surface area (Å²) < 4.78 is 0. The third-order valence-electron chi connectivity index (χ3n) is 1.18. The van der Waals surface area contributed by atoms with Crippen molar-refractivity contribution in [2.24, 2.45) is 0 Å². The second-order valence-corrected chi connectivity index (χ2v) is 1.92. The van der Waals surface area contributed by atoms with E-state index in [1.54, 1.807) is 6.92 Å². The Bertz CT molecular complexity index is 201. The first-order valence-corrected chi connectivity index (χ1v) is 2.86. The quantitative estimate of drug-likeness (QED) is 0.520. The molecule has 0 heterocycles. The summed E-state index contributed by atoms with van der Waals surface area (Å²) in [6, 6.07) is 9.23. The molecule has 1 rings (SSSR count). The summed E-state index contributed by atoms with van der Waals surface area (Å²) in [5.41, 5.74) is 0.775. The van der Waals surface area contributed by atoms with Gasteiger partial charge in [-0.05, 0) is 6.92 Å². The van der Waals surface area contributed by atoms with E-state index in [2.05, 4.69) is 0 Å². The van der Waals surface area contributed by atoms with Gasteiger partial charge >= 0.3 is 0 Å². The molecule has 0 spiro atoms. The van der Waals surface area contributed by atoms with Crippen molar-refractivity contribution in [1.29, 1.82) is 0 Å². The summed E-state index contributed by atoms with van der Waals surface area (Å²) in [5.74, 6) is 0.121. The van der Waals surface area contributed by atoms with Gasteiger partial charge in [0.15, 0.2) is 5.78 Å². The molecule has 0 aliphatic heterocycles. The van der Waals surface area contributed by atoms with Gasteiger partial charge in [0.2, 0.25) is 0 Å². The van der Waals surface area contributed by atoms with Crippen molar-refractivity contribution in [1.82, 2.24) is 0 Å². The van der Waals surface area contributed by atoms with E-state index < -0.39 is 0 Å². The third kappa shape index (κ3) is 1.39. The van der Waals surface area contributed by atoms with Gasteiger partial charge in [0.25, 0.3) is 0 Å². The second kappa shape index (κ2) is 2.44. The zero-order valence-electron chi connectivity index (χ0n) is 5.29. The Labute approximate surface area is 54.3 Å². The summed E-state index contributed by atoms with van der Waals surface area (Å²) in [6.45, 7) is 1.56. The van der Waals surface area contributed by atoms with Gasteiger partial charge in [-0.15, -0.1) is 0 Å². The van der Waals surface area contributed by atoms with Crippen LogP contribution in [0.3, 0.4) is 0 Å². The molecule has 1 aromatic carbocycles. The number of carbonyl (C=O) groups is 1. The largest absolute Gasteiger partial charge is 0.295 e. The highest BCUT2D eigenvalue weighted by Crippen LogP contribution is 1.97. The molecule has 0 N–H and O–H groups in total. The minimum absolute atomic E-state index is 0.121. The predicted octanol–water partition coefficient (Wildman–Crippen LogP) is 1.89. The van der Waals surface area contributed by atoms with Crippen molar-refractivity contribution in [3.05, 3.63) is 35.9 Å². The molecular formula is C8H8O. The molecule has 0 unspecified atom stereocenters. The zero-order chi connectivity index (χ0) is 6.69. The number of Topliss-reactive ketones (excluding diaryl/α,β-unsaturated/α-hetero) is 1. The van der Waals surface area contributed by atoms with Crippen molar-refractivity contribution in [3.63, 3.8) is 0 Å². The van der Waals surface area contributed by atoms with Crippen LogP contribution in [-0.4, -0.2) is 5.78 Å². The molecule has 0 saturated carbocycles. The molecule has 0 aliphatic rings. The normalized spacial score (nSPS) is 9.00. The third-order valence-corrected chi connectivity index (χ3v) is 1.18. The maximum absolute atomic E-state index is 10.6. The Morgan fingerprint density at radius 2 is 1.78 bits per heavy atom. The molecule has 0 fully saturated rings. The molecular weight excluding hydrogens is 114 g/mol. The van der Waals surface area contributed by atoms with Crippen molar-refractivity contribution >= 4 is 5.78 Å². The standard InChI is InChI=1S/C8H8O/c1-7(9)8-5-3-2-4-6-8/h2-6H,1H3/i1+2. The van der Waals surface area contributed by atoms with Gasteiger partial charge < -0.3 is 0 Å². The number of hydrogen-bond donors (Lipinski definition) is 0. The van der Waals surface area contributed by atoms with E-state index in [0.29, 0.717) is 0 Å². The molecule has 9 heavy (non-hydrogen) atoms. The first kappa shape index (κ1) is 6.02. The molecule has 0 aromatic heterocycles. The summed E-state index contributed by atoms with van der Waals surface area (Å²) >= 11 is 0. The highest BCUT2D eigenvalue weighted by Gasteiger charge is 1.92. The fourth-order valence-electron chi connectivity index (χ4n) is 0.673. The van der Waals surface area contributed by atoms with Gasteiger partial charge in [-0.25, -0.2) is 0 Å². The van der Waals surface area contributed by atoms with E-state index in [4.69, 9.17) is 0 Å². The fourth-order valence-corrected chi connectivity index (χ4v) is 0.673. The van der Waals surface area contributed by atoms with E-state index in [1.165, 1.54) is 0 Å². The second-order valence-electron chi connectivity index (χ2n) is 1.92. The highest BCUT2D eigenvalue weighted by atomic mass is 16.1. The Kier molecular flexibility index (Phi) is 1.63. The van der Waals surface area contributed by atoms with E-state index in [-0.39, 0.29) is 5.78 Å². The average molecular weight is 122 g/mol. The Hall–Kier alpha value is -1.11. The Morgan fingerprint density at radius 3 is 2.11 bits per heavy atom. The molecule has 0 aliphatic carbocycles. The zero-order valence-corrected chi connectivity index (χ0v) is 5.29. The molecule has 0 saturated heterocycles. The predicted molar refractivity (Wildman–Crippen MR) is 36.4 cm³/mol. The van der Waals surface area contributed by atoms with Gasteiger partial charge in [0.05, 0.1) is 0 Å². The van der Waals surface area contributed by atoms with Crippen LogP contribution in [0.4, 0.5) is 0 Å². The van der Waals surface area contributed by atoms with Crippen LogP contribution >= 0.6 is 0 Å². The van der Waals surface area contributed by atoms with E-state index >= 15 is 0 Å². The van der Waals surface area contributed by atoms with Crippen molar-refractivity contribution < 1.29 is 4.79 Å². The molecule has 46 valence electrons. The van der Waals surface area contributed by atoms with Crippen LogP contribution in [0.2, 0.25) is 0 Å². The average Bonchev–Trinajstić information content (AvgIpc) is 1.90. The number of benzene rings is 1. The summed E-state index contributed by atoms with van der Waals surface area (Å²) in [6.07, 6.45) is 0. The monoisotopic (exact) mass is 122 g/mol. The molecule has 0 bridgehead atoms. The van der Waals surface area contributed by atoms with Crippen LogP contribution in [-0.2, 0) is 0 Å². The van der Waals surface area contributed by atoms with E-state index in [1.807, 2.05) is 30.3 Å². The number of rotatable bonds is 1. The summed E-state index contributed by atoms with van der Waals surface area (Å²) in [7, 11) is 0. The number of ketones is 1. The van der Waals surface area contributed by atoms with Gasteiger partial charge in [0.1, 0.15) is 0 Å². The molecule has 1 heteroatoms. The number of carbonyl (C=O) groups excluding carboxylic acids is 1. The van der Waals surface area contributed by atoms with Crippen LogP contribution in [0, 0.1) is 0 Å². The van der Waals surface area contributed by atoms with Crippen LogP contribution < -0.4 is 0 Å². The number of hydrogen-bond acceptors (Lipinski definition) is 1. The lowest BCUT2D eigenvalue weighted by atomic mass is 10.2. The smallest absolute Gasteiger partial charge is 0.159 e. The lowest BCUT2D eigenvalue weighted by Gasteiger charge is -1.89. The van der Waals surface area contributed by atoms with E-state index in [9.17, 15) is 4.79 Å². The first-order valence-electron chi connectivity index (χ1n) is 2.86. The molecule has 0 atom stereocenters. The van der Waals surface area contributed by atoms with E-state index in [0.717, 1.165) is 5.56 Å². The lowest BCUT2D eigenvalue weighted by Crippen LogP contribution is -1.88. The van der Waals surface area contributed by atoms with Crippen LogP contribution in [0.15, 0.2) is 30.3 Å². The lowest BCUT2D eigenvalue weighted by molar-refractivity contribution is 0.101. The molecule has 1 nitrogen and oxygen atoms in total. The van der Waals surface area contributed by atoms with Gasteiger partial charge in [-0.2, -0.15) is 0 Å². The molecule has 1 aromatic rings. The Balaban J connectivity index is 2.98. The SMILES string of the molecule is [14CH3]C(=O)c1ccccc1.